The van der Waals surface area contributed by atoms with Crippen LogP contribution < -0.4 is 5.32 Å². The summed E-state index contributed by atoms with van der Waals surface area (Å²) < 4.78 is 0. The van der Waals surface area contributed by atoms with Gasteiger partial charge in [-0.25, -0.2) is 0 Å². The predicted molar refractivity (Wildman–Crippen MR) is 75.1 cm³/mol. The zero-order valence-corrected chi connectivity index (χ0v) is 11.2. The van der Waals surface area contributed by atoms with Crippen molar-refractivity contribution in [3.63, 3.8) is 0 Å². The van der Waals surface area contributed by atoms with Gasteiger partial charge in [0.25, 0.3) is 0 Å². The van der Waals surface area contributed by atoms with E-state index in [0.29, 0.717) is 18.1 Å². The van der Waals surface area contributed by atoms with E-state index in [0.717, 1.165) is 16.1 Å². The Balaban J connectivity index is 1.94. The van der Waals surface area contributed by atoms with Crippen molar-refractivity contribution in [3.05, 3.63) is 63.6 Å². The predicted octanol–water partition coefficient (Wildman–Crippen LogP) is 3.99. The topological polar surface area (TPSA) is 32.3 Å². The molecule has 2 nitrogen and oxygen atoms in total. The Morgan fingerprint density at radius 2 is 1.72 bits per heavy atom. The Labute approximate surface area is 116 Å². The second-order valence-corrected chi connectivity index (χ2v) is 4.88. The molecule has 0 saturated carbocycles. The van der Waals surface area contributed by atoms with Crippen molar-refractivity contribution in [2.24, 2.45) is 0 Å². The average molecular weight is 282 g/mol. The molecule has 0 amide bonds. The Morgan fingerprint density at radius 1 is 0.944 bits per heavy atom. The highest BCUT2D eigenvalue weighted by Crippen LogP contribution is 2.21. The number of phenols is 1. The minimum absolute atomic E-state index is 0.248. The van der Waals surface area contributed by atoms with Gasteiger partial charge in [0.15, 0.2) is 0 Å². The standard InChI is InChI=1S/C14H13Cl2NO/c15-12-3-1-2-10(6-12)8-17-9-11-7-13(16)4-5-14(11)18/h1-7,17-18H,8-9H2. The fourth-order valence-corrected chi connectivity index (χ4v) is 2.09. The maximum atomic E-state index is 9.66. The molecular weight excluding hydrogens is 269 g/mol. The van der Waals surface area contributed by atoms with Crippen LogP contribution in [0, 0.1) is 0 Å². The summed E-state index contributed by atoms with van der Waals surface area (Å²) in [7, 11) is 0. The maximum Gasteiger partial charge on any atom is 0.120 e. The van der Waals surface area contributed by atoms with Crippen molar-refractivity contribution >= 4 is 23.2 Å². The maximum absolute atomic E-state index is 9.66. The van der Waals surface area contributed by atoms with Gasteiger partial charge in [0.05, 0.1) is 0 Å². The number of aromatic hydroxyl groups is 1. The van der Waals surface area contributed by atoms with E-state index in [4.69, 9.17) is 23.2 Å². The number of benzene rings is 2. The average Bonchev–Trinajstić information content (AvgIpc) is 2.34. The highest BCUT2D eigenvalue weighted by Gasteiger charge is 2.02. The molecule has 0 aliphatic rings. The molecule has 0 aliphatic carbocycles. The highest BCUT2D eigenvalue weighted by atomic mass is 35.5. The molecule has 94 valence electrons. The lowest BCUT2D eigenvalue weighted by atomic mass is 10.2. The lowest BCUT2D eigenvalue weighted by molar-refractivity contribution is 0.464. The van der Waals surface area contributed by atoms with Crippen molar-refractivity contribution in [2.75, 3.05) is 0 Å². The Morgan fingerprint density at radius 3 is 2.50 bits per heavy atom. The van der Waals surface area contributed by atoms with Crippen LogP contribution in [0.4, 0.5) is 0 Å². The third-order valence-electron chi connectivity index (χ3n) is 2.58. The van der Waals surface area contributed by atoms with Crippen LogP contribution in [0.3, 0.4) is 0 Å². The van der Waals surface area contributed by atoms with Gasteiger partial charge in [-0.05, 0) is 35.9 Å². The number of phenolic OH excluding ortho intramolecular Hbond substituents is 1. The van der Waals surface area contributed by atoms with Crippen molar-refractivity contribution in [2.45, 2.75) is 13.1 Å². The minimum atomic E-state index is 0.248. The molecule has 0 fully saturated rings. The molecule has 2 N–H and O–H groups in total. The van der Waals surface area contributed by atoms with Crippen molar-refractivity contribution in [1.82, 2.24) is 5.32 Å². The van der Waals surface area contributed by atoms with Crippen LogP contribution in [0.25, 0.3) is 0 Å². The SMILES string of the molecule is Oc1ccc(Cl)cc1CNCc1cccc(Cl)c1. The van der Waals surface area contributed by atoms with E-state index >= 15 is 0 Å². The van der Waals surface area contributed by atoms with Gasteiger partial charge in [-0.2, -0.15) is 0 Å². The first-order valence-electron chi connectivity index (χ1n) is 5.58. The minimum Gasteiger partial charge on any atom is -0.508 e. The quantitative estimate of drug-likeness (QED) is 0.888. The van der Waals surface area contributed by atoms with E-state index in [1.54, 1.807) is 18.2 Å². The zero-order valence-electron chi connectivity index (χ0n) is 9.66. The molecule has 0 spiro atoms. The molecule has 2 aromatic rings. The summed E-state index contributed by atoms with van der Waals surface area (Å²) in [6, 6.07) is 12.7. The molecule has 2 rings (SSSR count). The highest BCUT2D eigenvalue weighted by molar-refractivity contribution is 6.30. The van der Waals surface area contributed by atoms with Crippen LogP contribution in [-0.2, 0) is 13.1 Å². The largest absolute Gasteiger partial charge is 0.508 e. The van der Waals surface area contributed by atoms with Crippen molar-refractivity contribution in [1.29, 1.82) is 0 Å². The first kappa shape index (κ1) is 13.2. The number of halogens is 2. The monoisotopic (exact) mass is 281 g/mol. The molecule has 0 radical (unpaired) electrons. The summed E-state index contributed by atoms with van der Waals surface area (Å²) in [6.07, 6.45) is 0. The number of rotatable bonds is 4. The summed E-state index contributed by atoms with van der Waals surface area (Å²) >= 11 is 11.8. The first-order valence-corrected chi connectivity index (χ1v) is 6.33. The molecule has 0 saturated heterocycles. The first-order chi connectivity index (χ1) is 8.65. The van der Waals surface area contributed by atoms with Gasteiger partial charge in [-0.3, -0.25) is 0 Å². The van der Waals surface area contributed by atoms with Gasteiger partial charge in [-0.15, -0.1) is 0 Å². The molecule has 0 unspecified atom stereocenters. The Bertz CT molecular complexity index is 543. The molecule has 0 atom stereocenters. The molecular formula is C14H13Cl2NO. The smallest absolute Gasteiger partial charge is 0.120 e. The van der Waals surface area contributed by atoms with Gasteiger partial charge in [0.2, 0.25) is 0 Å². The van der Waals surface area contributed by atoms with Gasteiger partial charge in [0.1, 0.15) is 5.75 Å². The van der Waals surface area contributed by atoms with Crippen LogP contribution >= 0.6 is 23.2 Å². The fraction of sp³-hybridized carbons (Fsp3) is 0.143. The Hall–Kier alpha value is -1.22. The second kappa shape index (κ2) is 6.10. The summed E-state index contributed by atoms with van der Waals surface area (Å²) in [4.78, 5) is 0. The zero-order chi connectivity index (χ0) is 13.0. The van der Waals surface area contributed by atoms with Gasteiger partial charge >= 0.3 is 0 Å². The molecule has 0 bridgehead atoms. The van der Waals surface area contributed by atoms with Gasteiger partial charge in [0, 0.05) is 28.7 Å². The summed E-state index contributed by atoms with van der Waals surface area (Å²) in [5.41, 5.74) is 1.88. The fourth-order valence-electron chi connectivity index (χ4n) is 1.68. The van der Waals surface area contributed by atoms with Crippen LogP contribution in [0.2, 0.25) is 10.0 Å². The molecule has 2 aromatic carbocycles. The van der Waals surface area contributed by atoms with Crippen molar-refractivity contribution < 1.29 is 5.11 Å². The normalized spacial score (nSPS) is 10.6. The Kier molecular flexibility index (Phi) is 4.48. The number of nitrogens with one attached hydrogen (secondary N) is 1. The van der Waals surface area contributed by atoms with E-state index in [2.05, 4.69) is 5.32 Å². The number of hydrogen-bond acceptors (Lipinski definition) is 2. The van der Waals surface area contributed by atoms with Crippen molar-refractivity contribution in [3.8, 4) is 5.75 Å². The van der Waals surface area contributed by atoms with E-state index in [-0.39, 0.29) is 5.75 Å². The van der Waals surface area contributed by atoms with E-state index < -0.39 is 0 Å². The molecule has 4 heteroatoms. The second-order valence-electron chi connectivity index (χ2n) is 4.01. The van der Waals surface area contributed by atoms with E-state index in [9.17, 15) is 5.11 Å². The molecule has 0 heterocycles. The summed E-state index contributed by atoms with van der Waals surface area (Å²) in [5.74, 6) is 0.248. The van der Waals surface area contributed by atoms with E-state index in [1.807, 2.05) is 24.3 Å². The lowest BCUT2D eigenvalue weighted by Gasteiger charge is -2.07. The van der Waals surface area contributed by atoms with Crippen LogP contribution in [0.5, 0.6) is 5.75 Å². The van der Waals surface area contributed by atoms with E-state index in [1.165, 1.54) is 0 Å². The lowest BCUT2D eigenvalue weighted by Crippen LogP contribution is -2.12. The van der Waals surface area contributed by atoms with Crippen LogP contribution in [-0.4, -0.2) is 5.11 Å². The molecule has 18 heavy (non-hydrogen) atoms. The summed E-state index contributed by atoms with van der Waals surface area (Å²) in [5, 5.41) is 14.2. The number of hydrogen-bond donors (Lipinski definition) is 2. The van der Waals surface area contributed by atoms with Crippen LogP contribution in [0.1, 0.15) is 11.1 Å². The van der Waals surface area contributed by atoms with Gasteiger partial charge < -0.3 is 10.4 Å². The third kappa shape index (κ3) is 3.64. The molecule has 0 aromatic heterocycles. The molecule has 0 aliphatic heterocycles. The third-order valence-corrected chi connectivity index (χ3v) is 3.05. The van der Waals surface area contributed by atoms with Gasteiger partial charge in [-0.1, -0.05) is 35.3 Å². The van der Waals surface area contributed by atoms with Crippen LogP contribution in [0.15, 0.2) is 42.5 Å². The summed E-state index contributed by atoms with van der Waals surface area (Å²) in [6.45, 7) is 1.24.